The molecule has 0 N–H and O–H groups in total. The topological polar surface area (TPSA) is 0 Å². The van der Waals surface area contributed by atoms with Gasteiger partial charge in [0, 0.05) is 25.8 Å². The van der Waals surface area contributed by atoms with Crippen molar-refractivity contribution in [3.63, 3.8) is 0 Å². The Morgan fingerprint density at radius 2 is 0.800 bits per heavy atom. The third kappa shape index (κ3) is 9.72. The molecule has 0 aliphatic carbocycles. The zero-order valence-corrected chi connectivity index (χ0v) is 42.5. The summed E-state index contributed by atoms with van der Waals surface area (Å²) in [4.78, 5) is 0. The zero-order valence-electron chi connectivity index (χ0n) is 37.9. The van der Waals surface area contributed by atoms with Crippen LogP contribution in [0.25, 0.3) is 54.9 Å². The van der Waals surface area contributed by atoms with Crippen molar-refractivity contribution in [3.05, 3.63) is 180 Å². The van der Waals surface area contributed by atoms with Crippen LogP contribution in [0.2, 0.25) is 0 Å². The number of fused-ring (bicyclic) bond motifs is 5. The number of rotatable bonds is 2. The van der Waals surface area contributed by atoms with Gasteiger partial charge in [-0.3, -0.25) is 0 Å². The molecule has 1 aliphatic rings. The summed E-state index contributed by atoms with van der Waals surface area (Å²) in [5.41, 5.74) is 14.5. The Morgan fingerprint density at radius 1 is 0.400 bits per heavy atom. The molecule has 0 unspecified atom stereocenters. The van der Waals surface area contributed by atoms with E-state index in [1.54, 1.807) is 0 Å². The largest absolute Gasteiger partial charge is 0.184 e. The molecular weight excluding hydrogens is 903 g/mol. The van der Waals surface area contributed by atoms with Gasteiger partial charge in [0.25, 0.3) is 0 Å². The molecule has 2 heteroatoms. The first-order valence-electron chi connectivity index (χ1n) is 21.3. The van der Waals surface area contributed by atoms with Crippen molar-refractivity contribution in [2.24, 2.45) is 0 Å². The average Bonchev–Trinajstić information content (AvgIpc) is 3.93. The Hall–Kier alpha value is -4.37. The van der Waals surface area contributed by atoms with E-state index in [9.17, 15) is 0 Å². The van der Waals surface area contributed by atoms with E-state index in [-0.39, 0.29) is 47.5 Å². The molecule has 60 heavy (non-hydrogen) atoms. The molecule has 0 spiro atoms. The first-order valence-corrected chi connectivity index (χ1v) is 22.3. The van der Waals surface area contributed by atoms with E-state index in [0.29, 0.717) is 0 Å². The maximum Gasteiger partial charge on any atom is 0.0920 e. The number of hydrogen-bond donors (Lipinski definition) is 0. The van der Waals surface area contributed by atoms with E-state index in [1.807, 2.05) is 6.07 Å². The van der Waals surface area contributed by atoms with Gasteiger partial charge in [0.05, 0.1) is 9.52 Å². The zero-order chi connectivity index (χ0) is 42.3. The quantitative estimate of drug-likeness (QED) is 0.120. The first kappa shape index (κ1) is 45.2. The Kier molecular flexibility index (Phi) is 13.2. The van der Waals surface area contributed by atoms with Crippen LogP contribution >= 0.6 is 0 Å². The Bertz CT molecular complexity index is 2530. The van der Waals surface area contributed by atoms with E-state index in [0.717, 1.165) is 9.52 Å². The van der Waals surface area contributed by atoms with Crippen molar-refractivity contribution < 1.29 is 25.8 Å². The molecule has 0 saturated heterocycles. The van der Waals surface area contributed by atoms with Gasteiger partial charge in [-0.2, -0.15) is 41.6 Å². The minimum Gasteiger partial charge on any atom is -0.184 e. The Morgan fingerprint density at radius 3 is 1.25 bits per heavy atom. The number of hydrogen-bond acceptors (Lipinski definition) is 0. The first-order chi connectivity index (χ1) is 27.8. The molecule has 8 aromatic carbocycles. The van der Waals surface area contributed by atoms with Crippen LogP contribution in [0.3, 0.4) is 0 Å². The molecule has 0 saturated carbocycles. The SMILES string of the molecule is CC(C)(C)c1cc2c(-c3ccccc3C(C)(C)C)cccc2[cH-]1.CC(C)(C)c1cc2c(-c3ccccc3C(C)(C)C)cccc2[cH-]1.[Hf].[c-]1cccc2c1[Si]c1ccccc1-2. The van der Waals surface area contributed by atoms with Crippen molar-refractivity contribution in [1.29, 1.82) is 0 Å². The van der Waals surface area contributed by atoms with Crippen LogP contribution in [0.15, 0.2) is 152 Å². The number of benzene rings is 6. The summed E-state index contributed by atoms with van der Waals surface area (Å²) in [5, 5.41) is 8.25. The molecule has 0 amide bonds. The van der Waals surface area contributed by atoms with Crippen LogP contribution < -0.4 is 10.4 Å². The summed E-state index contributed by atoms with van der Waals surface area (Å²) in [6.45, 7) is 27.4. The molecule has 304 valence electrons. The summed E-state index contributed by atoms with van der Waals surface area (Å²) in [6.07, 6.45) is 0. The van der Waals surface area contributed by atoms with Crippen LogP contribution in [-0.2, 0) is 47.5 Å². The summed E-state index contributed by atoms with van der Waals surface area (Å²) >= 11 is 0. The van der Waals surface area contributed by atoms with E-state index in [1.165, 1.54) is 87.6 Å². The molecule has 0 nitrogen and oxygen atoms in total. The van der Waals surface area contributed by atoms with Crippen LogP contribution in [0, 0.1) is 6.07 Å². The van der Waals surface area contributed by atoms with Gasteiger partial charge >= 0.3 is 0 Å². The second-order valence-electron chi connectivity index (χ2n) is 20.3. The maximum atomic E-state index is 3.31. The van der Waals surface area contributed by atoms with Crippen LogP contribution in [0.1, 0.15) is 105 Å². The van der Waals surface area contributed by atoms with Gasteiger partial charge in [-0.05, 0) is 43.9 Å². The van der Waals surface area contributed by atoms with Gasteiger partial charge in [-0.15, -0.1) is 74.6 Å². The second-order valence-corrected chi connectivity index (χ2v) is 21.6. The molecule has 2 radical (unpaired) electrons. The monoisotopic (exact) mass is 965 g/mol. The minimum atomic E-state index is 0. The molecular formula is C58H61HfSi-3. The summed E-state index contributed by atoms with van der Waals surface area (Å²) in [6, 6.07) is 58.6. The van der Waals surface area contributed by atoms with Crippen molar-refractivity contribution in [2.45, 2.75) is 105 Å². The van der Waals surface area contributed by atoms with Crippen LogP contribution in [-0.4, -0.2) is 9.52 Å². The van der Waals surface area contributed by atoms with Crippen molar-refractivity contribution in [3.8, 4) is 33.4 Å². The third-order valence-electron chi connectivity index (χ3n) is 11.6. The van der Waals surface area contributed by atoms with E-state index >= 15 is 0 Å². The van der Waals surface area contributed by atoms with Crippen molar-refractivity contribution >= 4 is 41.4 Å². The van der Waals surface area contributed by atoms with Gasteiger partial charge in [-0.25, -0.2) is 0 Å². The van der Waals surface area contributed by atoms with Crippen molar-refractivity contribution in [2.75, 3.05) is 0 Å². The standard InChI is InChI=1S/2C23H27.C12H7Si.Hf/c2*1-22(2,3)17-14-16-10-9-12-18(20(16)15-17)19-11-7-8-13-21(19)23(4,5)6;1-3-7-11-9(5-1)10-6-2-4-8-12(10)13-11;/h2*7-15H,1-6H3;1-7H;/q3*-1;. The van der Waals surface area contributed by atoms with Gasteiger partial charge in [-0.1, -0.05) is 190 Å². The van der Waals surface area contributed by atoms with E-state index in [4.69, 9.17) is 0 Å². The minimum absolute atomic E-state index is 0. The molecule has 1 aliphatic heterocycles. The normalized spacial score (nSPS) is 12.5. The fourth-order valence-corrected chi connectivity index (χ4v) is 9.59. The fraction of sp³-hybridized carbons (Fsp3) is 0.276. The van der Waals surface area contributed by atoms with Gasteiger partial charge in [0.15, 0.2) is 0 Å². The van der Waals surface area contributed by atoms with Crippen molar-refractivity contribution in [1.82, 2.24) is 0 Å². The van der Waals surface area contributed by atoms with Crippen LogP contribution in [0.5, 0.6) is 0 Å². The molecule has 0 atom stereocenters. The maximum absolute atomic E-state index is 3.31. The summed E-state index contributed by atoms with van der Waals surface area (Å²) in [5.74, 6) is 0. The predicted molar refractivity (Wildman–Crippen MR) is 260 cm³/mol. The molecule has 8 aromatic rings. The summed E-state index contributed by atoms with van der Waals surface area (Å²) < 4.78 is 0. The average molecular weight is 965 g/mol. The van der Waals surface area contributed by atoms with E-state index < -0.39 is 0 Å². The summed E-state index contributed by atoms with van der Waals surface area (Å²) in [7, 11) is 0.795. The predicted octanol–water partition coefficient (Wildman–Crippen LogP) is 14.8. The Labute approximate surface area is 382 Å². The van der Waals surface area contributed by atoms with E-state index in [2.05, 4.69) is 235 Å². The third-order valence-corrected chi connectivity index (χ3v) is 13.0. The molecule has 0 aromatic heterocycles. The van der Waals surface area contributed by atoms with Gasteiger partial charge in [0.1, 0.15) is 0 Å². The smallest absolute Gasteiger partial charge is 0.0920 e. The molecule has 0 bridgehead atoms. The van der Waals surface area contributed by atoms with Gasteiger partial charge in [0.2, 0.25) is 0 Å². The fourth-order valence-electron chi connectivity index (χ4n) is 8.28. The Balaban J connectivity index is 0.000000155. The molecule has 9 rings (SSSR count). The molecule has 1 heterocycles. The van der Waals surface area contributed by atoms with Gasteiger partial charge < -0.3 is 0 Å². The molecule has 0 fully saturated rings. The second kappa shape index (κ2) is 17.5. The van der Waals surface area contributed by atoms with Crippen LogP contribution in [0.4, 0.5) is 0 Å².